The molecule has 0 spiro atoms. The summed E-state index contributed by atoms with van der Waals surface area (Å²) in [4.78, 5) is 5.62. The van der Waals surface area contributed by atoms with Gasteiger partial charge in [-0.15, -0.1) is 0 Å². The van der Waals surface area contributed by atoms with Crippen LogP contribution in [0.15, 0.2) is 18.3 Å². The van der Waals surface area contributed by atoms with Gasteiger partial charge < -0.3 is 10.1 Å². The van der Waals surface area contributed by atoms with Gasteiger partial charge in [0.05, 0.1) is 6.61 Å². The number of H-pyrrole nitrogens is 1. The zero-order valence-electron chi connectivity index (χ0n) is 8.61. The van der Waals surface area contributed by atoms with E-state index in [9.17, 15) is 5.11 Å². The standard InChI is InChI=1S/C11H18N2O/c1-9(11-5-2-6-12-11)13-7-3-4-10(13)8-14/h2,5-6,9-10,12,14H,3-4,7-8H2,1H3/t9-,10+/m1/s1. The molecule has 3 nitrogen and oxygen atoms in total. The maximum atomic E-state index is 9.23. The molecule has 2 atom stereocenters. The molecule has 0 aliphatic carbocycles. The molecular formula is C11H18N2O. The van der Waals surface area contributed by atoms with Gasteiger partial charge in [0, 0.05) is 24.0 Å². The molecule has 0 amide bonds. The topological polar surface area (TPSA) is 39.3 Å². The number of hydrogen-bond donors (Lipinski definition) is 2. The second kappa shape index (κ2) is 4.15. The highest BCUT2D eigenvalue weighted by atomic mass is 16.3. The maximum Gasteiger partial charge on any atom is 0.0587 e. The number of aromatic nitrogens is 1. The second-order valence-electron chi connectivity index (χ2n) is 4.02. The fraction of sp³-hybridized carbons (Fsp3) is 0.636. The molecule has 0 bridgehead atoms. The summed E-state index contributed by atoms with van der Waals surface area (Å²) in [5.74, 6) is 0. The number of nitrogens with one attached hydrogen (secondary N) is 1. The van der Waals surface area contributed by atoms with Crippen LogP contribution < -0.4 is 0 Å². The predicted octanol–water partition coefficient (Wildman–Crippen LogP) is 1.53. The summed E-state index contributed by atoms with van der Waals surface area (Å²) in [6.45, 7) is 3.58. The van der Waals surface area contributed by atoms with Gasteiger partial charge in [0.2, 0.25) is 0 Å². The van der Waals surface area contributed by atoms with Crippen LogP contribution in [-0.2, 0) is 0 Å². The Balaban J connectivity index is 2.07. The van der Waals surface area contributed by atoms with Gasteiger partial charge in [-0.05, 0) is 38.4 Å². The van der Waals surface area contributed by atoms with E-state index in [1.807, 2.05) is 12.3 Å². The van der Waals surface area contributed by atoms with Crippen LogP contribution in [0.2, 0.25) is 0 Å². The van der Waals surface area contributed by atoms with Crippen LogP contribution >= 0.6 is 0 Å². The number of aliphatic hydroxyl groups is 1. The van der Waals surface area contributed by atoms with E-state index < -0.39 is 0 Å². The Morgan fingerprint density at radius 2 is 2.57 bits per heavy atom. The minimum atomic E-state index is 0.283. The quantitative estimate of drug-likeness (QED) is 0.766. The van der Waals surface area contributed by atoms with Crippen molar-refractivity contribution in [2.75, 3.05) is 13.2 Å². The molecule has 0 aromatic carbocycles. The van der Waals surface area contributed by atoms with Gasteiger partial charge >= 0.3 is 0 Å². The van der Waals surface area contributed by atoms with Gasteiger partial charge in [-0.3, -0.25) is 4.90 Å². The lowest BCUT2D eigenvalue weighted by Crippen LogP contribution is -2.34. The van der Waals surface area contributed by atoms with E-state index in [-0.39, 0.29) is 6.61 Å². The molecule has 2 heterocycles. The molecule has 1 aliphatic rings. The van der Waals surface area contributed by atoms with Crippen molar-refractivity contribution in [1.29, 1.82) is 0 Å². The molecule has 0 radical (unpaired) electrons. The monoisotopic (exact) mass is 194 g/mol. The summed E-state index contributed by atoms with van der Waals surface area (Å²) in [5.41, 5.74) is 1.24. The Morgan fingerprint density at radius 3 is 3.21 bits per heavy atom. The van der Waals surface area contributed by atoms with Gasteiger partial charge in [0.25, 0.3) is 0 Å². The van der Waals surface area contributed by atoms with Crippen molar-refractivity contribution in [3.8, 4) is 0 Å². The zero-order chi connectivity index (χ0) is 9.97. The van der Waals surface area contributed by atoms with Crippen LogP contribution in [0.5, 0.6) is 0 Å². The summed E-state index contributed by atoms with van der Waals surface area (Å²) in [7, 11) is 0. The normalized spacial score (nSPS) is 25.4. The first-order chi connectivity index (χ1) is 6.83. The van der Waals surface area contributed by atoms with Crippen LogP contribution in [0.4, 0.5) is 0 Å². The first kappa shape index (κ1) is 9.74. The molecular weight excluding hydrogens is 176 g/mol. The fourth-order valence-corrected chi connectivity index (χ4v) is 2.35. The molecule has 1 aromatic heterocycles. The van der Waals surface area contributed by atoms with E-state index in [0.717, 1.165) is 13.0 Å². The number of aliphatic hydroxyl groups excluding tert-OH is 1. The Kier molecular flexibility index (Phi) is 2.89. The van der Waals surface area contributed by atoms with E-state index in [1.165, 1.54) is 12.1 Å². The SMILES string of the molecule is C[C@H](c1ccc[nH]1)N1CCC[C@H]1CO. The molecule has 1 aromatic rings. The first-order valence-electron chi connectivity index (χ1n) is 5.33. The third-order valence-electron chi connectivity index (χ3n) is 3.20. The minimum Gasteiger partial charge on any atom is -0.395 e. The lowest BCUT2D eigenvalue weighted by atomic mass is 10.1. The minimum absolute atomic E-state index is 0.283. The van der Waals surface area contributed by atoms with Crippen LogP contribution in [-0.4, -0.2) is 34.2 Å². The summed E-state index contributed by atoms with van der Waals surface area (Å²) in [6.07, 6.45) is 4.29. The Hall–Kier alpha value is -0.800. The summed E-state index contributed by atoms with van der Waals surface area (Å²) >= 11 is 0. The summed E-state index contributed by atoms with van der Waals surface area (Å²) < 4.78 is 0. The molecule has 2 rings (SSSR count). The van der Waals surface area contributed by atoms with Gasteiger partial charge in [0.1, 0.15) is 0 Å². The number of nitrogens with zero attached hydrogens (tertiary/aromatic N) is 1. The van der Waals surface area contributed by atoms with Gasteiger partial charge in [-0.1, -0.05) is 0 Å². The second-order valence-corrected chi connectivity index (χ2v) is 4.02. The largest absolute Gasteiger partial charge is 0.395 e. The van der Waals surface area contributed by atoms with E-state index >= 15 is 0 Å². The average molecular weight is 194 g/mol. The predicted molar refractivity (Wildman–Crippen MR) is 56.0 cm³/mol. The lowest BCUT2D eigenvalue weighted by Gasteiger charge is -2.28. The van der Waals surface area contributed by atoms with Crippen molar-refractivity contribution in [2.45, 2.75) is 31.8 Å². The molecule has 1 fully saturated rings. The molecule has 0 unspecified atom stereocenters. The van der Waals surface area contributed by atoms with Crippen LogP contribution in [0, 0.1) is 0 Å². The summed E-state index contributed by atoms with van der Waals surface area (Å²) in [5, 5.41) is 9.23. The fourth-order valence-electron chi connectivity index (χ4n) is 2.35. The van der Waals surface area contributed by atoms with Crippen molar-refractivity contribution in [2.24, 2.45) is 0 Å². The maximum absolute atomic E-state index is 9.23. The van der Waals surface area contributed by atoms with Crippen molar-refractivity contribution in [3.63, 3.8) is 0 Å². The smallest absolute Gasteiger partial charge is 0.0587 e. The molecule has 1 aliphatic heterocycles. The third-order valence-corrected chi connectivity index (χ3v) is 3.20. The number of aromatic amines is 1. The van der Waals surface area contributed by atoms with Crippen molar-refractivity contribution >= 4 is 0 Å². The highest BCUT2D eigenvalue weighted by molar-refractivity contribution is 5.09. The zero-order valence-corrected chi connectivity index (χ0v) is 8.61. The first-order valence-corrected chi connectivity index (χ1v) is 5.33. The third kappa shape index (κ3) is 1.70. The van der Waals surface area contributed by atoms with Gasteiger partial charge in [-0.2, -0.15) is 0 Å². The van der Waals surface area contributed by atoms with Crippen LogP contribution in [0.3, 0.4) is 0 Å². The number of likely N-dealkylation sites (tertiary alicyclic amines) is 1. The highest BCUT2D eigenvalue weighted by Gasteiger charge is 2.28. The Labute approximate surface area is 84.7 Å². The van der Waals surface area contributed by atoms with Crippen molar-refractivity contribution in [3.05, 3.63) is 24.0 Å². The molecule has 2 N–H and O–H groups in total. The lowest BCUT2D eigenvalue weighted by molar-refractivity contribution is 0.124. The Bertz CT molecular complexity index is 271. The van der Waals surface area contributed by atoms with Gasteiger partial charge in [-0.25, -0.2) is 0 Å². The molecule has 78 valence electrons. The highest BCUT2D eigenvalue weighted by Crippen LogP contribution is 2.27. The van der Waals surface area contributed by atoms with Crippen LogP contribution in [0.25, 0.3) is 0 Å². The van der Waals surface area contributed by atoms with E-state index in [1.54, 1.807) is 0 Å². The average Bonchev–Trinajstić information content (AvgIpc) is 2.87. The summed E-state index contributed by atoms with van der Waals surface area (Å²) in [6, 6.07) is 4.88. The van der Waals surface area contributed by atoms with E-state index in [4.69, 9.17) is 0 Å². The molecule has 14 heavy (non-hydrogen) atoms. The number of hydrogen-bond acceptors (Lipinski definition) is 2. The van der Waals surface area contributed by atoms with Gasteiger partial charge in [0.15, 0.2) is 0 Å². The van der Waals surface area contributed by atoms with E-state index in [0.29, 0.717) is 12.1 Å². The van der Waals surface area contributed by atoms with Crippen LogP contribution in [0.1, 0.15) is 31.5 Å². The number of rotatable bonds is 3. The molecule has 3 heteroatoms. The molecule has 1 saturated heterocycles. The van der Waals surface area contributed by atoms with Crippen molar-refractivity contribution in [1.82, 2.24) is 9.88 Å². The molecule has 0 saturated carbocycles. The van der Waals surface area contributed by atoms with Crippen molar-refractivity contribution < 1.29 is 5.11 Å². The Morgan fingerprint density at radius 1 is 1.71 bits per heavy atom. The van der Waals surface area contributed by atoms with E-state index in [2.05, 4.69) is 22.9 Å².